The molecule has 0 bridgehead atoms. The van der Waals surface area contributed by atoms with E-state index in [9.17, 15) is 14.0 Å². The Labute approximate surface area is 146 Å². The number of carbonyl (C=O) groups is 1. The Morgan fingerprint density at radius 1 is 1.32 bits per heavy atom. The summed E-state index contributed by atoms with van der Waals surface area (Å²) in [5, 5.41) is 11.2. The van der Waals surface area contributed by atoms with E-state index in [4.69, 9.17) is 0 Å². The fourth-order valence-corrected chi connectivity index (χ4v) is 3.06. The molecule has 0 saturated carbocycles. The first kappa shape index (κ1) is 17.2. The minimum atomic E-state index is -0.363. The molecule has 0 saturated heterocycles. The van der Waals surface area contributed by atoms with Gasteiger partial charge in [-0.15, -0.1) is 10.2 Å². The van der Waals surface area contributed by atoms with Gasteiger partial charge >= 0.3 is 0 Å². The van der Waals surface area contributed by atoms with Crippen molar-refractivity contribution in [2.45, 2.75) is 24.9 Å². The van der Waals surface area contributed by atoms with Crippen LogP contribution in [-0.2, 0) is 4.79 Å². The third-order valence-corrected chi connectivity index (χ3v) is 4.39. The number of nitrogens with zero attached hydrogens (tertiary/aromatic N) is 3. The smallest absolute Gasteiger partial charge is 0.252 e. The maximum absolute atomic E-state index is 12.9. The summed E-state index contributed by atoms with van der Waals surface area (Å²) in [5.41, 5.74) is 1.05. The number of hydrogen-bond acceptors (Lipinski definition) is 5. The first-order chi connectivity index (χ1) is 11.9. The Bertz CT molecular complexity index is 965. The zero-order valence-electron chi connectivity index (χ0n) is 13.6. The zero-order chi connectivity index (χ0) is 18.0. The fraction of sp³-hybridized carbons (Fsp3) is 0.250. The van der Waals surface area contributed by atoms with Crippen LogP contribution in [0, 0.1) is 5.82 Å². The number of aromatic nitrogens is 4. The summed E-state index contributed by atoms with van der Waals surface area (Å²) in [6.45, 7) is 3.92. The second kappa shape index (κ2) is 7.06. The van der Waals surface area contributed by atoms with E-state index in [-0.39, 0.29) is 29.0 Å². The molecule has 2 aromatic heterocycles. The highest BCUT2D eigenvalue weighted by Crippen LogP contribution is 2.21. The minimum absolute atomic E-state index is 0.0909. The molecule has 2 N–H and O–H groups in total. The van der Waals surface area contributed by atoms with Gasteiger partial charge in [-0.2, -0.15) is 0 Å². The van der Waals surface area contributed by atoms with Crippen molar-refractivity contribution >= 4 is 29.1 Å². The highest BCUT2D eigenvalue weighted by atomic mass is 32.2. The van der Waals surface area contributed by atoms with Crippen LogP contribution in [0.1, 0.15) is 25.5 Å². The summed E-state index contributed by atoms with van der Waals surface area (Å²) >= 11 is 1.21. The molecule has 3 rings (SSSR count). The van der Waals surface area contributed by atoms with Gasteiger partial charge in [0, 0.05) is 17.4 Å². The number of aromatic amines is 1. The van der Waals surface area contributed by atoms with Crippen LogP contribution in [0.4, 0.5) is 10.1 Å². The molecule has 25 heavy (non-hydrogen) atoms. The van der Waals surface area contributed by atoms with E-state index in [0.717, 1.165) is 5.69 Å². The molecule has 3 aromatic rings. The zero-order valence-corrected chi connectivity index (χ0v) is 14.4. The standard InChI is InChI=1S/C16H16FN5O2S/c1-9(2)12-7-13(23)19-15-20-21-16(22(12)15)25-8-14(24)18-11-5-3-10(17)4-6-11/h3-7,9H,8H2,1-2H3,(H,18,24)(H,19,20,23). The summed E-state index contributed by atoms with van der Waals surface area (Å²) in [6.07, 6.45) is 0. The summed E-state index contributed by atoms with van der Waals surface area (Å²) in [4.78, 5) is 26.4. The van der Waals surface area contributed by atoms with E-state index < -0.39 is 0 Å². The lowest BCUT2D eigenvalue weighted by molar-refractivity contribution is -0.113. The monoisotopic (exact) mass is 361 g/mol. The third-order valence-electron chi connectivity index (χ3n) is 3.46. The van der Waals surface area contributed by atoms with Crippen LogP contribution in [0.3, 0.4) is 0 Å². The molecule has 9 heteroatoms. The van der Waals surface area contributed by atoms with E-state index in [1.54, 1.807) is 4.40 Å². The Hall–Kier alpha value is -2.68. The van der Waals surface area contributed by atoms with Gasteiger partial charge in [-0.1, -0.05) is 25.6 Å². The Balaban J connectivity index is 1.76. The first-order valence-corrected chi connectivity index (χ1v) is 8.59. The molecular formula is C16H16FN5O2S. The molecule has 0 atom stereocenters. The van der Waals surface area contributed by atoms with Crippen molar-refractivity contribution in [2.75, 3.05) is 11.1 Å². The van der Waals surface area contributed by atoms with Crippen LogP contribution in [-0.4, -0.2) is 31.2 Å². The summed E-state index contributed by atoms with van der Waals surface area (Å²) < 4.78 is 14.6. The number of nitrogens with one attached hydrogen (secondary N) is 2. The van der Waals surface area contributed by atoms with Gasteiger partial charge in [0.05, 0.1) is 5.75 Å². The van der Waals surface area contributed by atoms with Crippen molar-refractivity contribution in [3.8, 4) is 0 Å². The van der Waals surface area contributed by atoms with Crippen molar-refractivity contribution in [1.29, 1.82) is 0 Å². The van der Waals surface area contributed by atoms with Gasteiger partial charge < -0.3 is 5.32 Å². The molecule has 130 valence electrons. The Morgan fingerprint density at radius 3 is 2.72 bits per heavy atom. The lowest BCUT2D eigenvalue weighted by Gasteiger charge is -2.09. The van der Waals surface area contributed by atoms with Crippen molar-refractivity contribution < 1.29 is 9.18 Å². The molecule has 0 aliphatic heterocycles. The van der Waals surface area contributed by atoms with Gasteiger partial charge in [-0.25, -0.2) is 4.39 Å². The number of halogens is 1. The van der Waals surface area contributed by atoms with E-state index in [1.165, 1.54) is 42.1 Å². The number of amides is 1. The fourth-order valence-electron chi connectivity index (χ4n) is 2.31. The molecular weight excluding hydrogens is 345 g/mol. The number of H-pyrrole nitrogens is 1. The lowest BCUT2D eigenvalue weighted by Crippen LogP contribution is -2.15. The van der Waals surface area contributed by atoms with Crippen LogP contribution < -0.4 is 10.9 Å². The van der Waals surface area contributed by atoms with Crippen LogP contribution in [0.5, 0.6) is 0 Å². The number of anilines is 1. The Kier molecular flexibility index (Phi) is 4.84. The molecule has 0 spiro atoms. The van der Waals surface area contributed by atoms with Crippen LogP contribution >= 0.6 is 11.8 Å². The van der Waals surface area contributed by atoms with Gasteiger partial charge in [0.1, 0.15) is 5.82 Å². The second-order valence-electron chi connectivity index (χ2n) is 5.70. The first-order valence-electron chi connectivity index (χ1n) is 7.60. The summed E-state index contributed by atoms with van der Waals surface area (Å²) in [5.74, 6) is -0.0679. The molecule has 0 aliphatic rings. The SMILES string of the molecule is CC(C)c1cc(=O)[nH]c2nnc(SCC(=O)Nc3ccc(F)cc3)n12. The molecule has 0 unspecified atom stereocenters. The minimum Gasteiger partial charge on any atom is -0.325 e. The van der Waals surface area contributed by atoms with Gasteiger partial charge in [-0.3, -0.25) is 19.0 Å². The predicted molar refractivity (Wildman–Crippen MR) is 93.5 cm³/mol. The number of rotatable bonds is 5. The number of benzene rings is 1. The normalized spacial score (nSPS) is 11.2. The maximum atomic E-state index is 12.9. The number of thioether (sulfide) groups is 1. The largest absolute Gasteiger partial charge is 0.325 e. The van der Waals surface area contributed by atoms with E-state index >= 15 is 0 Å². The van der Waals surface area contributed by atoms with Gasteiger partial charge in [0.25, 0.3) is 5.56 Å². The van der Waals surface area contributed by atoms with Crippen molar-refractivity contribution in [3.63, 3.8) is 0 Å². The third kappa shape index (κ3) is 3.87. The number of hydrogen-bond donors (Lipinski definition) is 2. The quantitative estimate of drug-likeness (QED) is 0.681. The molecule has 0 radical (unpaired) electrons. The summed E-state index contributed by atoms with van der Waals surface area (Å²) in [6, 6.07) is 7.04. The van der Waals surface area contributed by atoms with Crippen molar-refractivity contribution in [1.82, 2.24) is 19.6 Å². The van der Waals surface area contributed by atoms with E-state index in [1.807, 2.05) is 13.8 Å². The molecule has 0 aliphatic carbocycles. The van der Waals surface area contributed by atoms with Gasteiger partial charge in [0.15, 0.2) is 5.16 Å². The Morgan fingerprint density at radius 2 is 2.04 bits per heavy atom. The maximum Gasteiger partial charge on any atom is 0.252 e. The van der Waals surface area contributed by atoms with Gasteiger partial charge in [0.2, 0.25) is 11.7 Å². The average molecular weight is 361 g/mol. The summed E-state index contributed by atoms with van der Waals surface area (Å²) in [7, 11) is 0. The van der Waals surface area contributed by atoms with Crippen LogP contribution in [0.2, 0.25) is 0 Å². The molecule has 1 amide bonds. The molecule has 7 nitrogen and oxygen atoms in total. The van der Waals surface area contributed by atoms with E-state index in [0.29, 0.717) is 16.6 Å². The van der Waals surface area contributed by atoms with Crippen molar-refractivity contribution in [3.05, 3.63) is 52.2 Å². The topological polar surface area (TPSA) is 92.2 Å². The lowest BCUT2D eigenvalue weighted by atomic mass is 10.1. The van der Waals surface area contributed by atoms with Gasteiger partial charge in [-0.05, 0) is 30.2 Å². The highest BCUT2D eigenvalue weighted by molar-refractivity contribution is 7.99. The molecule has 0 fully saturated rings. The predicted octanol–water partition coefficient (Wildman–Crippen LogP) is 2.41. The van der Waals surface area contributed by atoms with Crippen LogP contribution in [0.25, 0.3) is 5.78 Å². The number of fused-ring (bicyclic) bond motifs is 1. The molecule has 1 aromatic carbocycles. The second-order valence-corrected chi connectivity index (χ2v) is 6.64. The highest BCUT2D eigenvalue weighted by Gasteiger charge is 2.15. The number of carbonyl (C=O) groups excluding carboxylic acids is 1. The van der Waals surface area contributed by atoms with Crippen LogP contribution in [0.15, 0.2) is 40.3 Å². The average Bonchev–Trinajstić information content (AvgIpc) is 2.97. The van der Waals surface area contributed by atoms with E-state index in [2.05, 4.69) is 20.5 Å². The van der Waals surface area contributed by atoms with Crippen molar-refractivity contribution in [2.24, 2.45) is 0 Å². The molecule has 2 heterocycles.